The van der Waals surface area contributed by atoms with Gasteiger partial charge in [0.2, 0.25) is 11.0 Å². The first kappa shape index (κ1) is 27.4. The van der Waals surface area contributed by atoms with Crippen LogP contribution in [0.3, 0.4) is 0 Å². The van der Waals surface area contributed by atoms with Gasteiger partial charge in [0.05, 0.1) is 33.5 Å². The minimum atomic E-state index is -4.31. The van der Waals surface area contributed by atoms with Gasteiger partial charge >= 0.3 is 0 Å². The quantitative estimate of drug-likeness (QED) is 0.195. The van der Waals surface area contributed by atoms with Crippen molar-refractivity contribution in [1.29, 1.82) is 0 Å². The van der Waals surface area contributed by atoms with Gasteiger partial charge < -0.3 is 4.90 Å². The summed E-state index contributed by atoms with van der Waals surface area (Å²) >= 11 is 9.20. The Labute approximate surface area is 234 Å². The van der Waals surface area contributed by atoms with Crippen LogP contribution in [0.4, 0.5) is 5.69 Å². The topological polar surface area (TPSA) is 116 Å². The van der Waals surface area contributed by atoms with Gasteiger partial charge in [-0.25, -0.2) is 0 Å². The Kier molecular flexibility index (Phi) is 7.75. The van der Waals surface area contributed by atoms with Crippen molar-refractivity contribution in [3.05, 3.63) is 76.2 Å². The Morgan fingerprint density at radius 1 is 1.03 bits per heavy atom. The van der Waals surface area contributed by atoms with E-state index >= 15 is 0 Å². The molecule has 1 unspecified atom stereocenters. The van der Waals surface area contributed by atoms with Gasteiger partial charge in [0.15, 0.2) is 6.54 Å². The third-order valence-corrected chi connectivity index (χ3v) is 10.1. The molecule has 0 aliphatic carbocycles. The summed E-state index contributed by atoms with van der Waals surface area (Å²) in [6.07, 6.45) is 1.96. The summed E-state index contributed by atoms with van der Waals surface area (Å²) in [6.45, 7) is 0.567. The predicted molar refractivity (Wildman–Crippen MR) is 153 cm³/mol. The van der Waals surface area contributed by atoms with Crippen LogP contribution >= 0.6 is 34.7 Å². The molecular weight excluding hydrogens is 588 g/mol. The number of benzene rings is 3. The van der Waals surface area contributed by atoms with Crippen LogP contribution in [-0.2, 0) is 26.8 Å². The van der Waals surface area contributed by atoms with E-state index in [1.165, 1.54) is 11.8 Å². The molecule has 0 saturated carbocycles. The van der Waals surface area contributed by atoms with Crippen LogP contribution in [0.5, 0.6) is 0 Å². The van der Waals surface area contributed by atoms with E-state index in [1.54, 1.807) is 29.5 Å². The molecule has 1 atom stereocenters. The number of allylic oxidation sites excluding steroid dienone is 1. The van der Waals surface area contributed by atoms with Crippen LogP contribution in [0, 0.1) is 5.92 Å². The second kappa shape index (κ2) is 10.8. The van der Waals surface area contributed by atoms with E-state index in [4.69, 9.17) is 11.6 Å². The lowest BCUT2D eigenvalue weighted by Crippen LogP contribution is -2.38. The number of rotatable bonds is 9. The standard InChI is InChI=1S/C25H23ClN2O6S4/c26-19-7-9-22-21(13-19)28(10-3-11-37(29,30)31)24(36-22)12-17(15-38(32,33)34)14-27-16-35-23-8-6-18-4-1-2-5-20(18)25(23)27/h1-2,4-9,12-13,16-17H,3,10-11,14-15H2,(H-,29,30,31,32,33,34)/p+1. The molecule has 1 aliphatic rings. The van der Waals surface area contributed by atoms with Crippen molar-refractivity contribution in [2.75, 3.05) is 23.0 Å². The van der Waals surface area contributed by atoms with Gasteiger partial charge in [-0.1, -0.05) is 59.0 Å². The van der Waals surface area contributed by atoms with Crippen molar-refractivity contribution in [3.63, 3.8) is 0 Å². The summed E-state index contributed by atoms with van der Waals surface area (Å²) in [7, 11) is -8.44. The highest BCUT2D eigenvalue weighted by atomic mass is 35.5. The molecule has 4 aromatic rings. The lowest BCUT2D eigenvalue weighted by atomic mass is 10.1. The highest BCUT2D eigenvalue weighted by molar-refractivity contribution is 8.03. The van der Waals surface area contributed by atoms with Crippen molar-refractivity contribution in [1.82, 2.24) is 0 Å². The molecule has 200 valence electrons. The van der Waals surface area contributed by atoms with E-state index in [2.05, 4.69) is 6.07 Å². The number of hydrogen-bond donors (Lipinski definition) is 2. The van der Waals surface area contributed by atoms with E-state index < -0.39 is 37.7 Å². The fourth-order valence-corrected chi connectivity index (χ4v) is 8.16. The number of thioether (sulfide) groups is 1. The average Bonchev–Trinajstić information content (AvgIpc) is 3.38. The monoisotopic (exact) mass is 611 g/mol. The van der Waals surface area contributed by atoms with Crippen LogP contribution in [-0.4, -0.2) is 44.0 Å². The largest absolute Gasteiger partial charge is 0.335 e. The van der Waals surface area contributed by atoms with Gasteiger partial charge in [-0.3, -0.25) is 9.11 Å². The molecule has 1 aromatic heterocycles. The van der Waals surface area contributed by atoms with Crippen molar-refractivity contribution >= 4 is 81.6 Å². The van der Waals surface area contributed by atoms with Gasteiger partial charge in [-0.05, 0) is 48.2 Å². The molecule has 0 fully saturated rings. The number of aromatic nitrogens is 1. The van der Waals surface area contributed by atoms with Crippen LogP contribution in [0.1, 0.15) is 6.42 Å². The van der Waals surface area contributed by atoms with Crippen LogP contribution in [0.2, 0.25) is 5.02 Å². The summed E-state index contributed by atoms with van der Waals surface area (Å²) in [5.74, 6) is -1.49. The highest BCUT2D eigenvalue weighted by Gasteiger charge is 2.30. The molecular formula is C25H24ClN2O6S4+. The summed E-state index contributed by atoms with van der Waals surface area (Å²) in [5.41, 5.74) is 3.72. The van der Waals surface area contributed by atoms with E-state index in [9.17, 15) is 25.9 Å². The van der Waals surface area contributed by atoms with Gasteiger partial charge in [0.25, 0.3) is 20.2 Å². The van der Waals surface area contributed by atoms with Gasteiger partial charge in [0, 0.05) is 16.5 Å². The van der Waals surface area contributed by atoms with Gasteiger partial charge in [0.1, 0.15) is 4.70 Å². The first-order valence-corrected chi connectivity index (χ1v) is 16.9. The smallest absolute Gasteiger partial charge is 0.265 e. The van der Waals surface area contributed by atoms with E-state index in [0.29, 0.717) is 16.6 Å². The average molecular weight is 612 g/mol. The number of thiazole rings is 1. The molecule has 0 spiro atoms. The number of hydrogen-bond acceptors (Lipinski definition) is 7. The van der Waals surface area contributed by atoms with E-state index in [-0.39, 0.29) is 13.0 Å². The van der Waals surface area contributed by atoms with Crippen molar-refractivity contribution in [2.45, 2.75) is 17.9 Å². The van der Waals surface area contributed by atoms with Crippen molar-refractivity contribution < 1.29 is 30.5 Å². The maximum absolute atomic E-state index is 12.0. The Balaban J connectivity index is 1.53. The number of anilines is 1. The summed E-state index contributed by atoms with van der Waals surface area (Å²) < 4.78 is 68.7. The molecule has 2 N–H and O–H groups in total. The van der Waals surface area contributed by atoms with Crippen LogP contribution in [0.25, 0.3) is 21.0 Å². The first-order chi connectivity index (χ1) is 18.0. The SMILES string of the molecule is O=S(=O)(O)CCCN1C(=CC(C[n+]2csc3ccc4ccccc4c32)CS(=O)(=O)O)Sc2ccc(Cl)cc21. The third kappa shape index (κ3) is 6.33. The molecule has 38 heavy (non-hydrogen) atoms. The molecule has 8 nitrogen and oxygen atoms in total. The maximum Gasteiger partial charge on any atom is 0.265 e. The van der Waals surface area contributed by atoms with Crippen molar-refractivity contribution in [2.24, 2.45) is 5.92 Å². The zero-order valence-electron chi connectivity index (χ0n) is 19.9. The fourth-order valence-electron chi connectivity index (χ4n) is 4.65. The Bertz CT molecular complexity index is 1770. The third-order valence-electron chi connectivity index (χ3n) is 6.17. The van der Waals surface area contributed by atoms with Crippen molar-refractivity contribution in [3.8, 4) is 0 Å². The number of halogens is 1. The molecule has 0 amide bonds. The van der Waals surface area contributed by atoms with Gasteiger partial charge in [-0.2, -0.15) is 21.4 Å². The Morgan fingerprint density at radius 2 is 1.82 bits per heavy atom. The second-order valence-electron chi connectivity index (χ2n) is 9.03. The molecule has 5 rings (SSSR count). The molecule has 0 saturated heterocycles. The maximum atomic E-state index is 12.0. The molecule has 3 aromatic carbocycles. The minimum Gasteiger partial charge on any atom is -0.335 e. The molecule has 1 aliphatic heterocycles. The minimum absolute atomic E-state index is 0.154. The number of nitrogens with zero attached hydrogens (tertiary/aromatic N) is 2. The summed E-state index contributed by atoms with van der Waals surface area (Å²) in [5, 5.41) is 3.33. The highest BCUT2D eigenvalue weighted by Crippen LogP contribution is 2.47. The lowest BCUT2D eigenvalue weighted by Gasteiger charge is -2.21. The normalized spacial score (nSPS) is 16.0. The Hall–Kier alpha value is -2.19. The lowest BCUT2D eigenvalue weighted by molar-refractivity contribution is -0.670. The summed E-state index contributed by atoms with van der Waals surface area (Å²) in [6, 6.07) is 17.4. The first-order valence-electron chi connectivity index (χ1n) is 11.6. The zero-order chi connectivity index (χ0) is 27.1. The predicted octanol–water partition coefficient (Wildman–Crippen LogP) is 5.23. The van der Waals surface area contributed by atoms with E-state index in [0.717, 1.165) is 31.6 Å². The number of fused-ring (bicyclic) bond motifs is 4. The van der Waals surface area contributed by atoms with E-state index in [1.807, 2.05) is 51.4 Å². The molecule has 13 heteroatoms. The van der Waals surface area contributed by atoms with Crippen LogP contribution < -0.4 is 9.47 Å². The molecule has 2 heterocycles. The Morgan fingerprint density at radius 3 is 2.58 bits per heavy atom. The van der Waals surface area contributed by atoms with Gasteiger partial charge in [-0.15, -0.1) is 0 Å². The second-order valence-corrected chi connectivity index (χ2v) is 14.5. The summed E-state index contributed by atoms with van der Waals surface area (Å²) in [4.78, 5) is 2.76. The zero-order valence-corrected chi connectivity index (χ0v) is 23.9. The molecule has 0 bridgehead atoms. The fraction of sp³-hybridized carbons (Fsp3) is 0.240. The van der Waals surface area contributed by atoms with Crippen LogP contribution in [0.15, 0.2) is 76.1 Å². The molecule has 0 radical (unpaired) electrons.